The molecule has 0 spiro atoms. The quantitative estimate of drug-likeness (QED) is 0.745. The molecule has 0 amide bonds. The van der Waals surface area contributed by atoms with Crippen molar-refractivity contribution < 1.29 is 4.74 Å². The highest BCUT2D eigenvalue weighted by atomic mass is 35.5. The molecule has 6 nitrogen and oxygen atoms in total. The fraction of sp³-hybridized carbons (Fsp3) is 0.632. The molecule has 1 aliphatic carbocycles. The maximum atomic E-state index is 6.31. The maximum Gasteiger partial charge on any atom is 0.155 e. The van der Waals surface area contributed by atoms with Gasteiger partial charge in [0.2, 0.25) is 0 Å². The monoisotopic (exact) mass is 379 g/mol. The number of nitrogens with zero attached hydrogens (tertiary/aromatic N) is 4. The van der Waals surface area contributed by atoms with Gasteiger partial charge in [0.05, 0.1) is 6.10 Å². The number of hydrogen-bond acceptors (Lipinski definition) is 5. The van der Waals surface area contributed by atoms with E-state index >= 15 is 0 Å². The minimum atomic E-state index is 0. The molecule has 1 fully saturated rings. The summed E-state index contributed by atoms with van der Waals surface area (Å²) in [5, 5.41) is 4.76. The molecule has 0 radical (unpaired) electrons. The number of unbranched alkanes of at least 4 members (excludes halogenated alkanes) is 2. The van der Waals surface area contributed by atoms with Crippen LogP contribution in [0.3, 0.4) is 0 Å². The molecular formula is C19H30ClN5O. The van der Waals surface area contributed by atoms with Crippen LogP contribution in [0.15, 0.2) is 24.4 Å². The van der Waals surface area contributed by atoms with Crippen LogP contribution in [-0.4, -0.2) is 39.0 Å². The predicted octanol–water partition coefficient (Wildman–Crippen LogP) is 3.43. The fourth-order valence-electron chi connectivity index (χ4n) is 3.62. The number of ether oxygens (including phenoxy) is 1. The van der Waals surface area contributed by atoms with Crippen LogP contribution in [0.4, 0.5) is 0 Å². The maximum absolute atomic E-state index is 6.31. The second kappa shape index (κ2) is 10.00. The van der Waals surface area contributed by atoms with Crippen molar-refractivity contribution in [1.82, 2.24) is 19.7 Å². The summed E-state index contributed by atoms with van der Waals surface area (Å²) < 4.78 is 7.42. The topological polar surface area (TPSA) is 78.9 Å². The summed E-state index contributed by atoms with van der Waals surface area (Å²) in [5.41, 5.74) is 6.31. The zero-order valence-corrected chi connectivity index (χ0v) is 16.5. The van der Waals surface area contributed by atoms with Crippen LogP contribution in [0.2, 0.25) is 0 Å². The van der Waals surface area contributed by atoms with Crippen molar-refractivity contribution in [3.8, 4) is 5.82 Å². The van der Waals surface area contributed by atoms with Crippen molar-refractivity contribution in [2.24, 2.45) is 5.73 Å². The number of methoxy groups -OCH3 is 1. The van der Waals surface area contributed by atoms with Crippen molar-refractivity contribution in [3.05, 3.63) is 36.0 Å². The Morgan fingerprint density at radius 1 is 1.27 bits per heavy atom. The molecule has 2 N–H and O–H groups in total. The van der Waals surface area contributed by atoms with Gasteiger partial charge in [-0.05, 0) is 37.8 Å². The van der Waals surface area contributed by atoms with Crippen molar-refractivity contribution >= 4 is 12.4 Å². The SMILES string of the molecule is CCCCCc1nc([C@H]2CC[C@@H](OC)[C@H](N)C2)n(-c2ccccn2)n1.Cl. The molecule has 0 aliphatic heterocycles. The summed E-state index contributed by atoms with van der Waals surface area (Å²) in [5.74, 6) is 3.04. The Morgan fingerprint density at radius 3 is 2.77 bits per heavy atom. The predicted molar refractivity (Wildman–Crippen MR) is 105 cm³/mol. The van der Waals surface area contributed by atoms with Gasteiger partial charge in [-0.3, -0.25) is 0 Å². The summed E-state index contributed by atoms with van der Waals surface area (Å²) in [6.45, 7) is 2.21. The third-order valence-corrected chi connectivity index (χ3v) is 5.05. The van der Waals surface area contributed by atoms with Gasteiger partial charge in [0, 0.05) is 31.7 Å². The number of hydrogen-bond donors (Lipinski definition) is 1. The summed E-state index contributed by atoms with van der Waals surface area (Å²) in [4.78, 5) is 9.35. The van der Waals surface area contributed by atoms with Crippen molar-refractivity contribution in [3.63, 3.8) is 0 Å². The lowest BCUT2D eigenvalue weighted by Gasteiger charge is -2.32. The Kier molecular flexibility index (Phi) is 8.00. The number of rotatable bonds is 7. The smallest absolute Gasteiger partial charge is 0.155 e. The molecule has 0 saturated heterocycles. The van der Waals surface area contributed by atoms with Gasteiger partial charge in [0.1, 0.15) is 5.82 Å². The minimum absolute atomic E-state index is 0. The summed E-state index contributed by atoms with van der Waals surface area (Å²) in [7, 11) is 1.74. The number of pyridine rings is 1. The van der Waals surface area contributed by atoms with Crippen LogP contribution >= 0.6 is 12.4 Å². The molecule has 144 valence electrons. The third-order valence-electron chi connectivity index (χ3n) is 5.05. The van der Waals surface area contributed by atoms with Crippen LogP contribution in [0.1, 0.15) is 63.0 Å². The normalized spacial score (nSPS) is 22.8. The molecular weight excluding hydrogens is 350 g/mol. The van der Waals surface area contributed by atoms with Crippen molar-refractivity contribution in [2.75, 3.05) is 7.11 Å². The zero-order valence-electron chi connectivity index (χ0n) is 15.7. The highest BCUT2D eigenvalue weighted by Crippen LogP contribution is 2.33. The first-order valence-electron chi connectivity index (χ1n) is 9.38. The molecule has 7 heteroatoms. The van der Waals surface area contributed by atoms with Gasteiger partial charge in [-0.25, -0.2) is 9.97 Å². The molecule has 0 unspecified atom stereocenters. The van der Waals surface area contributed by atoms with E-state index in [4.69, 9.17) is 20.6 Å². The van der Waals surface area contributed by atoms with E-state index in [1.807, 2.05) is 22.9 Å². The van der Waals surface area contributed by atoms with E-state index in [0.717, 1.165) is 49.6 Å². The Labute approximate surface area is 162 Å². The minimum Gasteiger partial charge on any atom is -0.380 e. The first-order chi connectivity index (χ1) is 12.2. The number of halogens is 1. The molecule has 2 aromatic heterocycles. The van der Waals surface area contributed by atoms with Crippen LogP contribution in [0, 0.1) is 0 Å². The first kappa shape index (κ1) is 20.8. The average molecular weight is 380 g/mol. The number of aromatic nitrogens is 4. The van der Waals surface area contributed by atoms with Crippen LogP contribution in [0.25, 0.3) is 5.82 Å². The molecule has 3 atom stereocenters. The van der Waals surface area contributed by atoms with Crippen molar-refractivity contribution in [2.45, 2.75) is 69.9 Å². The highest BCUT2D eigenvalue weighted by Gasteiger charge is 2.32. The van der Waals surface area contributed by atoms with Gasteiger partial charge in [-0.2, -0.15) is 4.68 Å². The van der Waals surface area contributed by atoms with E-state index in [0.29, 0.717) is 5.92 Å². The molecule has 1 saturated carbocycles. The van der Waals surface area contributed by atoms with Gasteiger partial charge in [-0.1, -0.05) is 25.8 Å². The van der Waals surface area contributed by atoms with Crippen LogP contribution < -0.4 is 5.73 Å². The van der Waals surface area contributed by atoms with Crippen LogP contribution in [-0.2, 0) is 11.2 Å². The summed E-state index contributed by atoms with van der Waals surface area (Å²) in [6, 6.07) is 5.93. The number of aryl methyl sites for hydroxylation is 1. The van der Waals surface area contributed by atoms with Gasteiger partial charge in [0.25, 0.3) is 0 Å². The molecule has 2 heterocycles. The van der Waals surface area contributed by atoms with E-state index in [9.17, 15) is 0 Å². The largest absolute Gasteiger partial charge is 0.380 e. The summed E-state index contributed by atoms with van der Waals surface area (Å²) >= 11 is 0. The molecule has 0 aromatic carbocycles. The molecule has 0 bridgehead atoms. The van der Waals surface area contributed by atoms with Gasteiger partial charge in [-0.15, -0.1) is 17.5 Å². The molecule has 1 aliphatic rings. The van der Waals surface area contributed by atoms with Gasteiger partial charge >= 0.3 is 0 Å². The van der Waals surface area contributed by atoms with Gasteiger partial charge < -0.3 is 10.5 Å². The number of nitrogens with two attached hydrogens (primary N) is 1. The van der Waals surface area contributed by atoms with E-state index in [1.165, 1.54) is 12.8 Å². The molecule has 3 rings (SSSR count). The second-order valence-corrected chi connectivity index (χ2v) is 6.89. The fourth-order valence-corrected chi connectivity index (χ4v) is 3.62. The van der Waals surface area contributed by atoms with E-state index in [-0.39, 0.29) is 24.6 Å². The zero-order chi connectivity index (χ0) is 17.6. The lowest BCUT2D eigenvalue weighted by atomic mass is 9.83. The van der Waals surface area contributed by atoms with E-state index < -0.39 is 0 Å². The Balaban J connectivity index is 0.00000243. The molecule has 26 heavy (non-hydrogen) atoms. The van der Waals surface area contributed by atoms with Crippen molar-refractivity contribution in [1.29, 1.82) is 0 Å². The standard InChI is InChI=1S/C19H29N5O.ClH/c1-3-4-5-8-17-22-19(14-10-11-16(25-2)15(20)13-14)24(23-17)18-9-6-7-12-21-18;/h6-7,9,12,14-16H,3-5,8,10-11,13,20H2,1-2H3;1H/t14-,15+,16+;/m0./s1. The van der Waals surface area contributed by atoms with E-state index in [1.54, 1.807) is 13.3 Å². The Bertz CT molecular complexity index is 663. The Morgan fingerprint density at radius 2 is 2.12 bits per heavy atom. The van der Waals surface area contributed by atoms with Gasteiger partial charge in [0.15, 0.2) is 11.6 Å². The molecule has 2 aromatic rings. The lowest BCUT2D eigenvalue weighted by molar-refractivity contribution is 0.0482. The highest BCUT2D eigenvalue weighted by molar-refractivity contribution is 5.85. The average Bonchev–Trinajstić information content (AvgIpc) is 3.07. The van der Waals surface area contributed by atoms with Crippen LogP contribution in [0.5, 0.6) is 0 Å². The lowest BCUT2D eigenvalue weighted by Crippen LogP contribution is -2.41. The first-order valence-corrected chi connectivity index (χ1v) is 9.38. The van der Waals surface area contributed by atoms with E-state index in [2.05, 4.69) is 11.9 Å². The Hall–Kier alpha value is -1.50. The summed E-state index contributed by atoms with van der Waals surface area (Å²) in [6.07, 6.45) is 9.24. The second-order valence-electron chi connectivity index (χ2n) is 6.89. The third kappa shape index (κ3) is 4.81.